The molecule has 0 aliphatic carbocycles. The molecule has 4 nitrogen and oxygen atoms in total. The van der Waals surface area contributed by atoms with Crippen LogP contribution in [0.2, 0.25) is 0 Å². The monoisotopic (exact) mass is 347 g/mol. The van der Waals surface area contributed by atoms with Crippen LogP contribution < -0.4 is 5.32 Å². The van der Waals surface area contributed by atoms with Gasteiger partial charge in [0.1, 0.15) is 6.10 Å². The van der Waals surface area contributed by atoms with Crippen LogP contribution in [0, 0.1) is 16.2 Å². The van der Waals surface area contributed by atoms with Gasteiger partial charge in [0.05, 0.1) is 6.54 Å². The molecule has 1 amide bonds. The van der Waals surface area contributed by atoms with Crippen LogP contribution in [0.5, 0.6) is 0 Å². The van der Waals surface area contributed by atoms with Crippen LogP contribution in [0.15, 0.2) is 30.3 Å². The molecule has 1 N–H and O–H groups in total. The van der Waals surface area contributed by atoms with Gasteiger partial charge < -0.3 is 10.1 Å². The van der Waals surface area contributed by atoms with Crippen molar-refractivity contribution in [3.63, 3.8) is 0 Å². The van der Waals surface area contributed by atoms with E-state index in [4.69, 9.17) is 4.74 Å². The Morgan fingerprint density at radius 2 is 1.48 bits per heavy atom. The molecular formula is C21H33NO3. The number of hydrogen-bond donors (Lipinski definition) is 1. The number of alkyl carbamates (subject to hydrolysis) is 1. The molecular weight excluding hydrogens is 314 g/mol. The van der Waals surface area contributed by atoms with Gasteiger partial charge in [0.25, 0.3) is 0 Å². The van der Waals surface area contributed by atoms with Gasteiger partial charge in [-0.25, -0.2) is 4.79 Å². The third-order valence-corrected chi connectivity index (χ3v) is 5.09. The summed E-state index contributed by atoms with van der Waals surface area (Å²) in [6, 6.07) is 8.91. The number of Topliss-reactive ketones (excluding diaryl/α,β-unsaturated/α-hetero) is 1. The van der Waals surface area contributed by atoms with Gasteiger partial charge in [-0.2, -0.15) is 0 Å². The highest BCUT2D eigenvalue weighted by molar-refractivity contribution is 5.98. The van der Waals surface area contributed by atoms with Crippen LogP contribution in [-0.4, -0.2) is 24.5 Å². The lowest BCUT2D eigenvalue weighted by atomic mass is 9.60. The van der Waals surface area contributed by atoms with Crippen molar-refractivity contribution >= 4 is 11.9 Å². The number of ether oxygens (including phenoxy) is 1. The average Bonchev–Trinajstić information content (AvgIpc) is 2.48. The first-order chi connectivity index (χ1) is 11.3. The van der Waals surface area contributed by atoms with Gasteiger partial charge in [-0.15, -0.1) is 0 Å². The van der Waals surface area contributed by atoms with Gasteiger partial charge in [0.15, 0.2) is 5.78 Å². The van der Waals surface area contributed by atoms with Crippen molar-refractivity contribution in [3.05, 3.63) is 35.9 Å². The van der Waals surface area contributed by atoms with Crippen LogP contribution >= 0.6 is 0 Å². The van der Waals surface area contributed by atoms with Crippen LogP contribution in [-0.2, 0) is 4.74 Å². The topological polar surface area (TPSA) is 55.4 Å². The maximum Gasteiger partial charge on any atom is 0.407 e. The summed E-state index contributed by atoms with van der Waals surface area (Å²) in [7, 11) is 0. The van der Waals surface area contributed by atoms with Crippen LogP contribution in [0.3, 0.4) is 0 Å². The summed E-state index contributed by atoms with van der Waals surface area (Å²) >= 11 is 0. The van der Waals surface area contributed by atoms with E-state index < -0.39 is 6.09 Å². The van der Waals surface area contributed by atoms with Crippen molar-refractivity contribution in [1.29, 1.82) is 0 Å². The molecule has 1 aromatic rings. The van der Waals surface area contributed by atoms with Crippen molar-refractivity contribution in [2.75, 3.05) is 6.54 Å². The highest BCUT2D eigenvalue weighted by Crippen LogP contribution is 2.47. The molecule has 0 aliphatic heterocycles. The van der Waals surface area contributed by atoms with Crippen LogP contribution in [0.4, 0.5) is 4.79 Å². The second-order valence-corrected chi connectivity index (χ2v) is 9.27. The molecule has 0 saturated carbocycles. The largest absolute Gasteiger partial charge is 0.445 e. The average molecular weight is 347 g/mol. The van der Waals surface area contributed by atoms with E-state index in [1.54, 1.807) is 24.3 Å². The number of benzene rings is 1. The number of rotatable bonds is 5. The van der Waals surface area contributed by atoms with Crippen molar-refractivity contribution in [2.24, 2.45) is 16.2 Å². The standard InChI is InChI=1S/C21H33NO3/c1-19(2,3)17(21(7,8)20(4,5)6)25-18(24)22-14-16(23)15-12-10-9-11-13-15/h9-13,17H,14H2,1-8H3,(H,22,24). The Balaban J connectivity index is 2.79. The summed E-state index contributed by atoms with van der Waals surface area (Å²) in [5.41, 5.74) is 0.0551. The van der Waals surface area contributed by atoms with Gasteiger partial charge in [0.2, 0.25) is 0 Å². The van der Waals surface area contributed by atoms with Crippen molar-refractivity contribution in [1.82, 2.24) is 5.32 Å². The summed E-state index contributed by atoms with van der Waals surface area (Å²) in [5.74, 6) is -0.139. The fourth-order valence-corrected chi connectivity index (χ4v) is 2.83. The van der Waals surface area contributed by atoms with Crippen molar-refractivity contribution < 1.29 is 14.3 Å². The molecule has 140 valence electrons. The molecule has 0 spiro atoms. The molecule has 1 aromatic carbocycles. The Hall–Kier alpha value is -1.84. The number of ketones is 1. The molecule has 25 heavy (non-hydrogen) atoms. The predicted molar refractivity (Wildman–Crippen MR) is 102 cm³/mol. The van der Waals surface area contributed by atoms with Gasteiger partial charge >= 0.3 is 6.09 Å². The maximum absolute atomic E-state index is 12.3. The Bertz CT molecular complexity index is 592. The fourth-order valence-electron chi connectivity index (χ4n) is 2.83. The first-order valence-electron chi connectivity index (χ1n) is 8.79. The van der Waals surface area contributed by atoms with Crippen molar-refractivity contribution in [3.8, 4) is 0 Å². The molecule has 0 aliphatic rings. The van der Waals surface area contributed by atoms with E-state index in [1.165, 1.54) is 0 Å². The molecule has 0 aromatic heterocycles. The van der Waals surface area contributed by atoms with E-state index >= 15 is 0 Å². The van der Waals surface area contributed by atoms with E-state index in [0.29, 0.717) is 5.56 Å². The number of carbonyl (C=O) groups is 2. The molecule has 1 rings (SSSR count). The molecule has 0 saturated heterocycles. The quantitative estimate of drug-likeness (QED) is 0.755. The predicted octanol–water partition coefficient (Wildman–Crippen LogP) is 5.08. The summed E-state index contributed by atoms with van der Waals surface area (Å²) in [5, 5.41) is 2.60. The minimum atomic E-state index is -0.554. The van der Waals surface area contributed by atoms with E-state index in [-0.39, 0.29) is 34.7 Å². The van der Waals surface area contributed by atoms with E-state index in [0.717, 1.165) is 0 Å². The molecule has 0 bridgehead atoms. The molecule has 1 atom stereocenters. The van der Waals surface area contributed by atoms with Crippen LogP contribution in [0.1, 0.15) is 65.7 Å². The molecule has 1 unspecified atom stereocenters. The zero-order valence-corrected chi connectivity index (χ0v) is 16.9. The van der Waals surface area contributed by atoms with Gasteiger partial charge in [-0.1, -0.05) is 85.7 Å². The third-order valence-electron chi connectivity index (χ3n) is 5.09. The summed E-state index contributed by atoms with van der Waals surface area (Å²) < 4.78 is 5.79. The number of carbonyl (C=O) groups excluding carboxylic acids is 2. The first kappa shape index (κ1) is 21.2. The van der Waals surface area contributed by atoms with Crippen molar-refractivity contribution in [2.45, 2.75) is 61.5 Å². The summed E-state index contributed by atoms with van der Waals surface area (Å²) in [6.07, 6.45) is -0.853. The van der Waals surface area contributed by atoms with Gasteiger partial charge in [0, 0.05) is 11.0 Å². The van der Waals surface area contributed by atoms with Gasteiger partial charge in [-0.05, 0) is 10.8 Å². The Labute approximate surface area is 152 Å². The summed E-state index contributed by atoms with van der Waals surface area (Å²) in [6.45, 7) is 16.8. The highest BCUT2D eigenvalue weighted by atomic mass is 16.6. The number of amides is 1. The number of hydrogen-bond acceptors (Lipinski definition) is 3. The van der Waals surface area contributed by atoms with E-state index in [1.807, 2.05) is 6.07 Å². The van der Waals surface area contributed by atoms with E-state index in [9.17, 15) is 9.59 Å². The third kappa shape index (κ3) is 5.58. The molecule has 0 heterocycles. The molecule has 0 radical (unpaired) electrons. The van der Waals surface area contributed by atoms with E-state index in [2.05, 4.69) is 60.7 Å². The molecule has 0 fully saturated rings. The SMILES string of the molecule is CC(C)(C)C(OC(=O)NCC(=O)c1ccccc1)C(C)(C)C(C)(C)C. The highest BCUT2D eigenvalue weighted by Gasteiger charge is 2.47. The Kier molecular flexibility index (Phi) is 6.44. The Morgan fingerprint density at radius 3 is 1.92 bits per heavy atom. The normalized spacial score (nSPS) is 13.9. The Morgan fingerprint density at radius 1 is 0.960 bits per heavy atom. The lowest BCUT2D eigenvalue weighted by Gasteiger charge is -2.49. The van der Waals surface area contributed by atoms with Crippen LogP contribution in [0.25, 0.3) is 0 Å². The minimum Gasteiger partial charge on any atom is -0.445 e. The number of nitrogens with one attached hydrogen (secondary N) is 1. The summed E-state index contributed by atoms with van der Waals surface area (Å²) in [4.78, 5) is 24.4. The first-order valence-corrected chi connectivity index (χ1v) is 8.79. The maximum atomic E-state index is 12.3. The zero-order valence-electron chi connectivity index (χ0n) is 16.9. The fraction of sp³-hybridized carbons (Fsp3) is 0.619. The second-order valence-electron chi connectivity index (χ2n) is 9.27. The smallest absolute Gasteiger partial charge is 0.407 e. The second kappa shape index (κ2) is 7.59. The lowest BCUT2D eigenvalue weighted by Crippen LogP contribution is -2.51. The molecule has 4 heteroatoms. The lowest BCUT2D eigenvalue weighted by molar-refractivity contribution is -0.0914. The minimum absolute atomic E-state index is 0.0505. The zero-order chi connectivity index (χ0) is 19.5. The van der Waals surface area contributed by atoms with Gasteiger partial charge in [-0.3, -0.25) is 4.79 Å².